The second-order valence-electron chi connectivity index (χ2n) is 4.56. The lowest BCUT2D eigenvalue weighted by atomic mass is 10.2. The van der Waals surface area contributed by atoms with Crippen LogP contribution >= 0.6 is 46.7 Å². The number of nitrogens with one attached hydrogen (secondary N) is 1. The van der Waals surface area contributed by atoms with Gasteiger partial charge >= 0.3 is 0 Å². The summed E-state index contributed by atoms with van der Waals surface area (Å²) in [6, 6.07) is 3.84. The standard InChI is InChI=1S/C13H14ClN3OS2.ClH/c14-11-2-1-10(20-11)13-16-9(8-19-13)7-12(18)17-5-3-15-4-6-17;/h1-2,8,15H,3-7H2;1H. The lowest BCUT2D eigenvalue weighted by Gasteiger charge is -2.27. The van der Waals surface area contributed by atoms with Crippen molar-refractivity contribution >= 4 is 52.6 Å². The van der Waals surface area contributed by atoms with E-state index in [1.165, 1.54) is 11.3 Å². The molecular formula is C13H15Cl2N3OS2. The van der Waals surface area contributed by atoms with E-state index in [4.69, 9.17) is 11.6 Å². The molecule has 1 aliphatic heterocycles. The number of carbonyl (C=O) groups is 1. The number of thiophene rings is 1. The van der Waals surface area contributed by atoms with Crippen LogP contribution < -0.4 is 5.32 Å². The van der Waals surface area contributed by atoms with Crippen molar-refractivity contribution in [2.24, 2.45) is 0 Å². The zero-order valence-corrected chi connectivity index (χ0v) is 14.4. The Labute approximate surface area is 142 Å². The number of hydrogen-bond donors (Lipinski definition) is 1. The first-order valence-corrected chi connectivity index (χ1v) is 8.48. The van der Waals surface area contributed by atoms with Crippen molar-refractivity contribution in [1.29, 1.82) is 0 Å². The van der Waals surface area contributed by atoms with Gasteiger partial charge in [-0.3, -0.25) is 4.79 Å². The summed E-state index contributed by atoms with van der Waals surface area (Å²) in [5, 5.41) is 6.14. The fraction of sp³-hybridized carbons (Fsp3) is 0.385. The number of carbonyl (C=O) groups excluding carboxylic acids is 1. The molecule has 0 saturated carbocycles. The number of thiazole rings is 1. The Kier molecular flexibility index (Phi) is 6.01. The van der Waals surface area contributed by atoms with Gasteiger partial charge < -0.3 is 10.2 Å². The van der Waals surface area contributed by atoms with Crippen molar-refractivity contribution in [3.05, 3.63) is 27.5 Å². The molecule has 8 heteroatoms. The van der Waals surface area contributed by atoms with Crippen LogP contribution in [0.5, 0.6) is 0 Å². The molecule has 1 saturated heterocycles. The summed E-state index contributed by atoms with van der Waals surface area (Å²) in [4.78, 5) is 19.7. The first kappa shape index (κ1) is 16.7. The van der Waals surface area contributed by atoms with E-state index in [-0.39, 0.29) is 18.3 Å². The molecule has 0 atom stereocenters. The molecule has 0 aromatic carbocycles. The van der Waals surface area contributed by atoms with Gasteiger partial charge in [0, 0.05) is 31.6 Å². The molecule has 3 rings (SSSR count). The summed E-state index contributed by atoms with van der Waals surface area (Å²) in [6.07, 6.45) is 0.385. The Hall–Kier alpha value is -0.660. The van der Waals surface area contributed by atoms with Gasteiger partial charge in [-0.05, 0) is 12.1 Å². The maximum Gasteiger partial charge on any atom is 0.228 e. The van der Waals surface area contributed by atoms with E-state index in [1.54, 1.807) is 11.3 Å². The van der Waals surface area contributed by atoms with Gasteiger partial charge in [-0.25, -0.2) is 4.98 Å². The van der Waals surface area contributed by atoms with Gasteiger partial charge in [0.25, 0.3) is 0 Å². The summed E-state index contributed by atoms with van der Waals surface area (Å²) in [5.41, 5.74) is 0.845. The van der Waals surface area contributed by atoms with Crippen LogP contribution in [-0.2, 0) is 11.2 Å². The number of halogens is 2. The van der Waals surface area contributed by atoms with Gasteiger partial charge in [-0.1, -0.05) is 11.6 Å². The molecule has 0 unspecified atom stereocenters. The molecule has 1 N–H and O–H groups in total. The van der Waals surface area contributed by atoms with Crippen LogP contribution in [-0.4, -0.2) is 42.0 Å². The minimum absolute atomic E-state index is 0. The molecule has 0 aliphatic carbocycles. The van der Waals surface area contributed by atoms with Crippen molar-refractivity contribution in [2.45, 2.75) is 6.42 Å². The third-order valence-electron chi connectivity index (χ3n) is 3.14. The molecule has 1 aliphatic rings. The summed E-state index contributed by atoms with van der Waals surface area (Å²) in [6.45, 7) is 3.33. The van der Waals surface area contributed by atoms with Crippen LogP contribution in [0.4, 0.5) is 0 Å². The van der Waals surface area contributed by atoms with E-state index >= 15 is 0 Å². The lowest BCUT2D eigenvalue weighted by Crippen LogP contribution is -2.46. The summed E-state index contributed by atoms with van der Waals surface area (Å²) in [5.74, 6) is 0.160. The van der Waals surface area contributed by atoms with E-state index in [0.29, 0.717) is 6.42 Å². The van der Waals surface area contributed by atoms with Crippen molar-refractivity contribution in [3.63, 3.8) is 0 Å². The van der Waals surface area contributed by atoms with E-state index in [9.17, 15) is 4.79 Å². The second-order valence-corrected chi connectivity index (χ2v) is 7.13. The first-order chi connectivity index (χ1) is 9.72. The Morgan fingerprint density at radius 1 is 1.38 bits per heavy atom. The van der Waals surface area contributed by atoms with Crippen LogP contribution in [0.2, 0.25) is 4.34 Å². The molecule has 2 aromatic rings. The van der Waals surface area contributed by atoms with Gasteiger partial charge in [0.1, 0.15) is 5.01 Å². The van der Waals surface area contributed by atoms with E-state index in [0.717, 1.165) is 46.1 Å². The molecule has 114 valence electrons. The predicted octanol–water partition coefficient (Wildman–Crippen LogP) is 2.92. The Morgan fingerprint density at radius 2 is 2.14 bits per heavy atom. The quantitative estimate of drug-likeness (QED) is 0.911. The molecule has 0 bridgehead atoms. The molecular weight excluding hydrogens is 349 g/mol. The minimum Gasteiger partial charge on any atom is -0.340 e. The van der Waals surface area contributed by atoms with Crippen molar-refractivity contribution in [3.8, 4) is 9.88 Å². The van der Waals surface area contributed by atoms with E-state index in [1.807, 2.05) is 22.4 Å². The van der Waals surface area contributed by atoms with Crippen LogP contribution in [0.3, 0.4) is 0 Å². The largest absolute Gasteiger partial charge is 0.340 e. The highest BCUT2D eigenvalue weighted by Crippen LogP contribution is 2.33. The average Bonchev–Trinajstić information content (AvgIpc) is 3.09. The maximum atomic E-state index is 12.2. The summed E-state index contributed by atoms with van der Waals surface area (Å²) >= 11 is 9.00. The highest BCUT2D eigenvalue weighted by Gasteiger charge is 2.18. The Bertz CT molecular complexity index is 608. The lowest BCUT2D eigenvalue weighted by molar-refractivity contribution is -0.131. The monoisotopic (exact) mass is 363 g/mol. The second kappa shape index (κ2) is 7.56. The number of piperazine rings is 1. The number of hydrogen-bond acceptors (Lipinski definition) is 5. The van der Waals surface area contributed by atoms with E-state index in [2.05, 4.69) is 10.3 Å². The van der Waals surface area contributed by atoms with Gasteiger partial charge in [0.15, 0.2) is 0 Å². The molecule has 21 heavy (non-hydrogen) atoms. The molecule has 4 nitrogen and oxygen atoms in total. The van der Waals surface area contributed by atoms with Crippen molar-refractivity contribution < 1.29 is 4.79 Å². The zero-order chi connectivity index (χ0) is 13.9. The van der Waals surface area contributed by atoms with Crippen LogP contribution in [0, 0.1) is 0 Å². The molecule has 2 aromatic heterocycles. The summed E-state index contributed by atoms with van der Waals surface area (Å²) in [7, 11) is 0. The topological polar surface area (TPSA) is 45.2 Å². The maximum absolute atomic E-state index is 12.2. The third kappa shape index (κ3) is 4.17. The SMILES string of the molecule is Cl.O=C(Cc1csc(-c2ccc(Cl)s2)n1)N1CCNCC1. The fourth-order valence-electron chi connectivity index (χ4n) is 2.11. The minimum atomic E-state index is 0. The predicted molar refractivity (Wildman–Crippen MR) is 90.8 cm³/mol. The van der Waals surface area contributed by atoms with Crippen LogP contribution in [0.15, 0.2) is 17.5 Å². The van der Waals surface area contributed by atoms with Crippen molar-refractivity contribution in [2.75, 3.05) is 26.2 Å². The normalized spacial score (nSPS) is 14.8. The molecule has 1 amide bonds. The number of amides is 1. The smallest absolute Gasteiger partial charge is 0.228 e. The fourth-order valence-corrected chi connectivity index (χ4v) is 4.05. The number of aromatic nitrogens is 1. The molecule has 0 spiro atoms. The number of rotatable bonds is 3. The zero-order valence-electron chi connectivity index (χ0n) is 11.2. The summed E-state index contributed by atoms with van der Waals surface area (Å²) < 4.78 is 0.758. The van der Waals surface area contributed by atoms with Gasteiger partial charge in [0.05, 0.1) is 21.3 Å². The van der Waals surface area contributed by atoms with Crippen molar-refractivity contribution in [1.82, 2.24) is 15.2 Å². The third-order valence-corrected chi connectivity index (χ3v) is 5.43. The number of nitrogens with zero attached hydrogens (tertiary/aromatic N) is 2. The Morgan fingerprint density at radius 3 is 2.81 bits per heavy atom. The van der Waals surface area contributed by atoms with Crippen LogP contribution in [0.25, 0.3) is 9.88 Å². The highest BCUT2D eigenvalue weighted by atomic mass is 35.5. The first-order valence-electron chi connectivity index (χ1n) is 6.41. The molecule has 1 fully saturated rings. The van der Waals surface area contributed by atoms with Gasteiger partial charge in [0.2, 0.25) is 5.91 Å². The molecule has 3 heterocycles. The van der Waals surface area contributed by atoms with Gasteiger partial charge in [-0.15, -0.1) is 35.1 Å². The van der Waals surface area contributed by atoms with Crippen LogP contribution in [0.1, 0.15) is 5.69 Å². The van der Waals surface area contributed by atoms with Gasteiger partial charge in [-0.2, -0.15) is 0 Å². The van der Waals surface area contributed by atoms with E-state index < -0.39 is 0 Å². The Balaban J connectivity index is 0.00000161. The average molecular weight is 364 g/mol. The molecule has 0 radical (unpaired) electrons. The highest BCUT2D eigenvalue weighted by molar-refractivity contribution is 7.23.